The Labute approximate surface area is 139 Å². The third kappa shape index (κ3) is 2.45. The quantitative estimate of drug-likeness (QED) is 0.493. The van der Waals surface area contributed by atoms with Crippen LogP contribution < -0.4 is 5.32 Å². The van der Waals surface area contributed by atoms with Gasteiger partial charge >= 0.3 is 0 Å². The molecule has 0 fully saturated rings. The van der Waals surface area contributed by atoms with Gasteiger partial charge in [0.2, 0.25) is 12.3 Å². The van der Waals surface area contributed by atoms with Gasteiger partial charge in [-0.05, 0) is 65.1 Å². The van der Waals surface area contributed by atoms with E-state index in [4.69, 9.17) is 4.42 Å². The normalized spacial score (nSPS) is 11.0. The van der Waals surface area contributed by atoms with Crippen LogP contribution in [0.4, 0.5) is 11.4 Å². The van der Waals surface area contributed by atoms with E-state index in [0.29, 0.717) is 5.89 Å². The third-order valence-corrected chi connectivity index (χ3v) is 4.12. The second kappa shape index (κ2) is 5.45. The van der Waals surface area contributed by atoms with Gasteiger partial charge in [0, 0.05) is 26.4 Å². The molecular weight excluding hydrogens is 391 g/mol. The summed E-state index contributed by atoms with van der Waals surface area (Å²) in [5, 5.41) is 12.3. The molecule has 5 nitrogen and oxygen atoms in total. The minimum absolute atomic E-state index is 0.496. The first-order valence-corrected chi connectivity index (χ1v) is 7.78. The van der Waals surface area contributed by atoms with Crippen LogP contribution >= 0.6 is 22.6 Å². The van der Waals surface area contributed by atoms with E-state index in [-0.39, 0.29) is 0 Å². The molecule has 0 atom stereocenters. The summed E-state index contributed by atoms with van der Waals surface area (Å²) in [5.74, 6) is 0.496. The van der Waals surface area contributed by atoms with E-state index in [1.54, 1.807) is 0 Å². The Morgan fingerprint density at radius 2 is 1.95 bits per heavy atom. The molecule has 2 N–H and O–H groups in total. The summed E-state index contributed by atoms with van der Waals surface area (Å²) in [7, 11) is 0. The molecule has 4 rings (SSSR count). The fourth-order valence-corrected chi connectivity index (χ4v) is 2.72. The summed E-state index contributed by atoms with van der Waals surface area (Å²) in [6, 6.07) is 14.3. The van der Waals surface area contributed by atoms with Crippen LogP contribution in [-0.2, 0) is 0 Å². The van der Waals surface area contributed by atoms with Gasteiger partial charge in [-0.1, -0.05) is 0 Å². The van der Waals surface area contributed by atoms with Crippen molar-refractivity contribution in [3.05, 3.63) is 58.6 Å². The van der Waals surface area contributed by atoms with Crippen LogP contribution in [0, 0.1) is 3.57 Å². The van der Waals surface area contributed by atoms with Crippen LogP contribution in [0.2, 0.25) is 0 Å². The predicted octanol–water partition coefficient (Wildman–Crippen LogP) is 4.57. The number of nitrogens with zero attached hydrogens (tertiary/aromatic N) is 2. The van der Waals surface area contributed by atoms with Gasteiger partial charge in [-0.15, -0.1) is 10.2 Å². The summed E-state index contributed by atoms with van der Waals surface area (Å²) in [6.45, 7) is 0. The molecule has 0 amide bonds. The molecule has 0 saturated heterocycles. The van der Waals surface area contributed by atoms with Crippen molar-refractivity contribution in [1.29, 1.82) is 0 Å². The largest absolute Gasteiger partial charge is 0.423 e. The lowest BCUT2D eigenvalue weighted by molar-refractivity contribution is 0.569. The van der Waals surface area contributed by atoms with Crippen molar-refractivity contribution < 1.29 is 4.42 Å². The molecule has 2 aromatic heterocycles. The summed E-state index contributed by atoms with van der Waals surface area (Å²) in [6.07, 6.45) is 3.25. The van der Waals surface area contributed by atoms with E-state index in [9.17, 15) is 0 Å². The van der Waals surface area contributed by atoms with Crippen molar-refractivity contribution in [2.45, 2.75) is 0 Å². The van der Waals surface area contributed by atoms with E-state index in [0.717, 1.165) is 27.8 Å². The predicted molar refractivity (Wildman–Crippen MR) is 94.0 cm³/mol. The Morgan fingerprint density at radius 3 is 2.73 bits per heavy atom. The lowest BCUT2D eigenvalue weighted by Gasteiger charge is -2.10. The molecule has 2 aromatic carbocycles. The molecule has 2 heterocycles. The number of aromatic amines is 1. The van der Waals surface area contributed by atoms with E-state index < -0.39 is 0 Å². The standard InChI is InChI=1S/C16H11IN4O/c17-11-1-3-12(4-2-11)20-15-8-14-10(5-6-18-14)7-13(15)16-21-19-9-22-16/h1-9,18,20H. The number of benzene rings is 2. The van der Waals surface area contributed by atoms with Gasteiger partial charge in [0.05, 0.1) is 11.3 Å². The molecule has 0 spiro atoms. The number of halogens is 1. The van der Waals surface area contributed by atoms with Gasteiger partial charge in [0.25, 0.3) is 0 Å². The second-order valence-corrected chi connectivity index (χ2v) is 6.08. The van der Waals surface area contributed by atoms with Gasteiger partial charge in [-0.3, -0.25) is 0 Å². The monoisotopic (exact) mass is 402 g/mol. The molecule has 4 aromatic rings. The highest BCUT2D eigenvalue weighted by Gasteiger charge is 2.12. The maximum absolute atomic E-state index is 5.37. The number of H-pyrrole nitrogens is 1. The van der Waals surface area contributed by atoms with Gasteiger partial charge < -0.3 is 14.7 Å². The number of fused-ring (bicyclic) bond motifs is 1. The maximum atomic E-state index is 5.37. The smallest absolute Gasteiger partial charge is 0.249 e. The molecule has 0 bridgehead atoms. The van der Waals surface area contributed by atoms with Gasteiger partial charge in [0.1, 0.15) is 0 Å². The van der Waals surface area contributed by atoms with E-state index in [1.165, 1.54) is 9.96 Å². The fourth-order valence-electron chi connectivity index (χ4n) is 2.36. The summed E-state index contributed by atoms with van der Waals surface area (Å²) >= 11 is 2.29. The summed E-state index contributed by atoms with van der Waals surface area (Å²) < 4.78 is 6.56. The molecule has 22 heavy (non-hydrogen) atoms. The molecule has 0 aliphatic carbocycles. The topological polar surface area (TPSA) is 66.7 Å². The van der Waals surface area contributed by atoms with Crippen molar-refractivity contribution in [3.63, 3.8) is 0 Å². The lowest BCUT2D eigenvalue weighted by Crippen LogP contribution is -1.94. The molecule has 0 aliphatic rings. The Bertz CT molecular complexity index is 913. The molecular formula is C16H11IN4O. The molecule has 108 valence electrons. The van der Waals surface area contributed by atoms with Crippen LogP contribution in [0.1, 0.15) is 0 Å². The average Bonchev–Trinajstić information content (AvgIpc) is 3.19. The molecule has 6 heteroatoms. The first-order valence-electron chi connectivity index (χ1n) is 6.70. The van der Waals surface area contributed by atoms with Crippen molar-refractivity contribution in [2.24, 2.45) is 0 Å². The van der Waals surface area contributed by atoms with Crippen LogP contribution in [-0.4, -0.2) is 15.2 Å². The van der Waals surface area contributed by atoms with E-state index in [2.05, 4.69) is 55.2 Å². The summed E-state index contributed by atoms with van der Waals surface area (Å²) in [4.78, 5) is 3.22. The minimum Gasteiger partial charge on any atom is -0.423 e. The number of aromatic nitrogens is 3. The molecule has 0 unspecified atom stereocenters. The maximum Gasteiger partial charge on any atom is 0.249 e. The van der Waals surface area contributed by atoms with Crippen LogP contribution in [0.25, 0.3) is 22.4 Å². The van der Waals surface area contributed by atoms with Gasteiger partial charge in [0.15, 0.2) is 0 Å². The zero-order valence-corrected chi connectivity index (χ0v) is 13.5. The van der Waals surface area contributed by atoms with Crippen molar-refractivity contribution in [3.8, 4) is 11.5 Å². The van der Waals surface area contributed by atoms with E-state index >= 15 is 0 Å². The number of hydrogen-bond acceptors (Lipinski definition) is 4. The zero-order valence-electron chi connectivity index (χ0n) is 11.4. The first-order chi connectivity index (χ1) is 10.8. The minimum atomic E-state index is 0.496. The average molecular weight is 402 g/mol. The van der Waals surface area contributed by atoms with Gasteiger partial charge in [-0.25, -0.2) is 0 Å². The number of hydrogen-bond donors (Lipinski definition) is 2. The third-order valence-electron chi connectivity index (χ3n) is 3.41. The first kappa shape index (κ1) is 13.3. The number of nitrogens with one attached hydrogen (secondary N) is 2. The number of anilines is 2. The molecule has 0 radical (unpaired) electrons. The van der Waals surface area contributed by atoms with Crippen LogP contribution in [0.3, 0.4) is 0 Å². The Morgan fingerprint density at radius 1 is 1.09 bits per heavy atom. The Balaban J connectivity index is 1.83. The lowest BCUT2D eigenvalue weighted by atomic mass is 10.1. The highest BCUT2D eigenvalue weighted by Crippen LogP contribution is 2.33. The SMILES string of the molecule is Ic1ccc(Nc2cc3[nH]ccc3cc2-c2nnco2)cc1. The summed E-state index contributed by atoms with van der Waals surface area (Å²) in [5.41, 5.74) is 3.85. The fraction of sp³-hybridized carbons (Fsp3) is 0. The van der Waals surface area contributed by atoms with Crippen molar-refractivity contribution in [1.82, 2.24) is 15.2 Å². The van der Waals surface area contributed by atoms with Crippen molar-refractivity contribution >= 4 is 44.9 Å². The van der Waals surface area contributed by atoms with Gasteiger partial charge in [-0.2, -0.15) is 0 Å². The Hall–Kier alpha value is -2.35. The Kier molecular flexibility index (Phi) is 3.30. The van der Waals surface area contributed by atoms with E-state index in [1.807, 2.05) is 36.5 Å². The highest BCUT2D eigenvalue weighted by molar-refractivity contribution is 14.1. The zero-order chi connectivity index (χ0) is 14.9. The second-order valence-electron chi connectivity index (χ2n) is 4.84. The highest BCUT2D eigenvalue weighted by atomic mass is 127. The molecule has 0 saturated carbocycles. The number of rotatable bonds is 3. The van der Waals surface area contributed by atoms with Crippen LogP contribution in [0.5, 0.6) is 0 Å². The molecule has 0 aliphatic heterocycles. The van der Waals surface area contributed by atoms with Crippen molar-refractivity contribution in [2.75, 3.05) is 5.32 Å². The van der Waals surface area contributed by atoms with Crippen LogP contribution in [0.15, 0.2) is 59.5 Å².